The van der Waals surface area contributed by atoms with E-state index in [1.54, 1.807) is 0 Å². The van der Waals surface area contributed by atoms with Crippen LogP contribution in [0.1, 0.15) is 12.5 Å². The highest BCUT2D eigenvalue weighted by atomic mass is 32.2. The molecule has 0 saturated heterocycles. The average molecular weight is 267 g/mol. The summed E-state index contributed by atoms with van der Waals surface area (Å²) in [5.74, 6) is 0.120. The fourth-order valence-corrected chi connectivity index (χ4v) is 1.95. The topological polar surface area (TPSA) is 26.0 Å². The molecule has 2 N–H and O–H groups in total. The number of alkyl halides is 4. The molecule has 0 aliphatic carbocycles. The number of rotatable bonds is 4. The standard InChI is InChI=1S/C11H13F4NS/c1-10(12,6-16)7-17-9-4-2-8(3-5-9)11(13,14)15/h2-5H,6-7,16H2,1H3. The first-order valence-electron chi connectivity index (χ1n) is 4.94. The highest BCUT2D eigenvalue weighted by Crippen LogP contribution is 2.31. The lowest BCUT2D eigenvalue weighted by atomic mass is 10.2. The van der Waals surface area contributed by atoms with Crippen molar-refractivity contribution >= 4 is 11.8 Å². The third-order valence-corrected chi connectivity index (χ3v) is 3.50. The molecule has 0 bridgehead atoms. The molecule has 1 rings (SSSR count). The van der Waals surface area contributed by atoms with Gasteiger partial charge in [0.2, 0.25) is 0 Å². The Morgan fingerprint density at radius 2 is 1.65 bits per heavy atom. The van der Waals surface area contributed by atoms with Gasteiger partial charge in [-0.2, -0.15) is 13.2 Å². The summed E-state index contributed by atoms with van der Waals surface area (Å²) >= 11 is 1.15. The van der Waals surface area contributed by atoms with Gasteiger partial charge in [0, 0.05) is 17.2 Å². The van der Waals surface area contributed by atoms with Crippen LogP contribution in [0.3, 0.4) is 0 Å². The smallest absolute Gasteiger partial charge is 0.328 e. The van der Waals surface area contributed by atoms with Gasteiger partial charge in [-0.3, -0.25) is 0 Å². The maximum Gasteiger partial charge on any atom is 0.416 e. The molecule has 0 fully saturated rings. The van der Waals surface area contributed by atoms with Crippen molar-refractivity contribution < 1.29 is 17.6 Å². The Labute approximate surface area is 101 Å². The van der Waals surface area contributed by atoms with Crippen LogP contribution < -0.4 is 5.73 Å². The Bertz CT molecular complexity index is 359. The SMILES string of the molecule is CC(F)(CN)CSc1ccc(C(F)(F)F)cc1. The van der Waals surface area contributed by atoms with Crippen LogP contribution >= 0.6 is 11.8 Å². The van der Waals surface area contributed by atoms with E-state index in [0.717, 1.165) is 23.9 Å². The van der Waals surface area contributed by atoms with Gasteiger partial charge in [0.05, 0.1) is 5.56 Å². The van der Waals surface area contributed by atoms with Crippen molar-refractivity contribution in [1.82, 2.24) is 0 Å². The van der Waals surface area contributed by atoms with Crippen LogP contribution in [0.15, 0.2) is 29.2 Å². The van der Waals surface area contributed by atoms with Crippen LogP contribution in [0.4, 0.5) is 17.6 Å². The van der Waals surface area contributed by atoms with Gasteiger partial charge >= 0.3 is 6.18 Å². The van der Waals surface area contributed by atoms with Crippen LogP contribution in [-0.2, 0) is 6.18 Å². The van der Waals surface area contributed by atoms with Gasteiger partial charge < -0.3 is 5.73 Å². The minimum Gasteiger partial charge on any atom is -0.328 e. The van der Waals surface area contributed by atoms with E-state index in [0.29, 0.717) is 4.90 Å². The van der Waals surface area contributed by atoms with E-state index in [9.17, 15) is 17.6 Å². The predicted molar refractivity (Wildman–Crippen MR) is 60.7 cm³/mol. The first-order chi connectivity index (χ1) is 7.74. The van der Waals surface area contributed by atoms with Gasteiger partial charge in [0.15, 0.2) is 0 Å². The maximum atomic E-state index is 13.4. The van der Waals surface area contributed by atoms with Crippen LogP contribution in [0, 0.1) is 0 Å². The molecule has 0 aliphatic heterocycles. The van der Waals surface area contributed by atoms with Gasteiger partial charge in [-0.1, -0.05) is 0 Å². The number of hydrogen-bond acceptors (Lipinski definition) is 2. The number of nitrogens with two attached hydrogens (primary N) is 1. The van der Waals surface area contributed by atoms with Crippen molar-refractivity contribution in [3.63, 3.8) is 0 Å². The molecule has 1 aromatic carbocycles. The van der Waals surface area contributed by atoms with E-state index in [1.807, 2.05) is 0 Å². The molecule has 96 valence electrons. The fourth-order valence-electron chi connectivity index (χ4n) is 1.03. The molecule has 1 unspecified atom stereocenters. The van der Waals surface area contributed by atoms with Crippen molar-refractivity contribution in [1.29, 1.82) is 0 Å². The summed E-state index contributed by atoms with van der Waals surface area (Å²) in [6.45, 7) is 1.25. The van der Waals surface area contributed by atoms with Crippen molar-refractivity contribution in [2.45, 2.75) is 23.7 Å². The van der Waals surface area contributed by atoms with E-state index >= 15 is 0 Å². The van der Waals surface area contributed by atoms with E-state index in [2.05, 4.69) is 0 Å². The summed E-state index contributed by atoms with van der Waals surface area (Å²) in [6, 6.07) is 4.64. The zero-order chi connectivity index (χ0) is 13.1. The largest absolute Gasteiger partial charge is 0.416 e. The third-order valence-electron chi connectivity index (χ3n) is 2.15. The lowest BCUT2D eigenvalue weighted by molar-refractivity contribution is -0.137. The van der Waals surface area contributed by atoms with Crippen molar-refractivity contribution in [3.05, 3.63) is 29.8 Å². The van der Waals surface area contributed by atoms with Gasteiger partial charge in [0.25, 0.3) is 0 Å². The number of hydrogen-bond donors (Lipinski definition) is 1. The van der Waals surface area contributed by atoms with E-state index in [1.165, 1.54) is 19.1 Å². The number of benzene rings is 1. The Morgan fingerprint density at radius 3 is 2.06 bits per heavy atom. The average Bonchev–Trinajstić information content (AvgIpc) is 2.26. The molecule has 1 aromatic rings. The molecule has 0 heterocycles. The molecule has 0 spiro atoms. The van der Waals surface area contributed by atoms with Crippen molar-refractivity contribution in [2.75, 3.05) is 12.3 Å². The summed E-state index contributed by atoms with van der Waals surface area (Å²) in [7, 11) is 0. The first kappa shape index (κ1) is 14.3. The molecule has 0 saturated carbocycles. The van der Waals surface area contributed by atoms with Crippen LogP contribution in [0.25, 0.3) is 0 Å². The fraction of sp³-hybridized carbons (Fsp3) is 0.455. The molecule has 0 radical (unpaired) electrons. The van der Waals surface area contributed by atoms with Crippen LogP contribution in [-0.4, -0.2) is 18.0 Å². The molecule has 6 heteroatoms. The van der Waals surface area contributed by atoms with E-state index in [-0.39, 0.29) is 12.3 Å². The number of halogens is 4. The second-order valence-corrected chi connectivity index (χ2v) is 4.98. The van der Waals surface area contributed by atoms with Crippen molar-refractivity contribution in [2.24, 2.45) is 5.73 Å². The summed E-state index contributed by atoms with van der Waals surface area (Å²) in [5, 5.41) is 0. The molecule has 0 aromatic heterocycles. The molecule has 1 atom stereocenters. The highest BCUT2D eigenvalue weighted by Gasteiger charge is 2.30. The lowest BCUT2D eigenvalue weighted by Gasteiger charge is -2.17. The third kappa shape index (κ3) is 4.55. The Hall–Kier alpha value is -0.750. The molecular weight excluding hydrogens is 254 g/mol. The van der Waals surface area contributed by atoms with Gasteiger partial charge in [-0.15, -0.1) is 11.8 Å². The Balaban J connectivity index is 2.64. The Morgan fingerprint density at radius 1 is 1.12 bits per heavy atom. The molecule has 1 nitrogen and oxygen atoms in total. The van der Waals surface area contributed by atoms with E-state index < -0.39 is 17.4 Å². The monoisotopic (exact) mass is 267 g/mol. The Kier molecular flexibility index (Phi) is 4.43. The molecule has 17 heavy (non-hydrogen) atoms. The number of thioether (sulfide) groups is 1. The molecule has 0 amide bonds. The second kappa shape index (κ2) is 5.27. The van der Waals surface area contributed by atoms with Gasteiger partial charge in [-0.25, -0.2) is 4.39 Å². The maximum absolute atomic E-state index is 13.4. The second-order valence-electron chi connectivity index (χ2n) is 3.93. The summed E-state index contributed by atoms with van der Waals surface area (Å²) in [6.07, 6.45) is -4.34. The van der Waals surface area contributed by atoms with Crippen molar-refractivity contribution in [3.8, 4) is 0 Å². The molecule has 0 aliphatic rings. The highest BCUT2D eigenvalue weighted by molar-refractivity contribution is 7.99. The molecular formula is C11H13F4NS. The normalized spacial score (nSPS) is 15.6. The van der Waals surface area contributed by atoms with Crippen LogP contribution in [0.2, 0.25) is 0 Å². The first-order valence-corrected chi connectivity index (χ1v) is 5.92. The van der Waals surface area contributed by atoms with Gasteiger partial charge in [0.1, 0.15) is 5.67 Å². The van der Waals surface area contributed by atoms with Crippen LogP contribution in [0.5, 0.6) is 0 Å². The summed E-state index contributed by atoms with van der Waals surface area (Å²) in [5.41, 5.74) is 3.00. The zero-order valence-corrected chi connectivity index (χ0v) is 10.0. The minimum absolute atomic E-state index is 0.110. The predicted octanol–water partition coefficient (Wildman–Crippen LogP) is 3.48. The minimum atomic E-state index is -4.34. The zero-order valence-electron chi connectivity index (χ0n) is 9.22. The quantitative estimate of drug-likeness (QED) is 0.667. The lowest BCUT2D eigenvalue weighted by Crippen LogP contribution is -2.31. The summed E-state index contributed by atoms with van der Waals surface area (Å²) in [4.78, 5) is 0.593. The summed E-state index contributed by atoms with van der Waals surface area (Å²) < 4.78 is 50.2. The van der Waals surface area contributed by atoms with E-state index in [4.69, 9.17) is 5.73 Å². The van der Waals surface area contributed by atoms with Gasteiger partial charge in [-0.05, 0) is 31.2 Å².